The average molecular weight is 435 g/mol. The highest BCUT2D eigenvalue weighted by atomic mass is 16.6. The van der Waals surface area contributed by atoms with Crippen LogP contribution >= 0.6 is 0 Å². The van der Waals surface area contributed by atoms with Crippen molar-refractivity contribution in [1.29, 1.82) is 0 Å². The van der Waals surface area contributed by atoms with Crippen LogP contribution < -0.4 is 20.1 Å². The molecule has 2 heterocycles. The Hall–Kier alpha value is -3.55. The molecule has 1 aromatic heterocycles. The number of guanidine groups is 1. The van der Waals surface area contributed by atoms with Gasteiger partial charge in [0, 0.05) is 19.5 Å². The molecule has 32 heavy (non-hydrogen) atoms. The maximum absolute atomic E-state index is 6.06. The van der Waals surface area contributed by atoms with Crippen LogP contribution in [0, 0.1) is 0 Å². The lowest BCUT2D eigenvalue weighted by Gasteiger charge is -2.26. The fourth-order valence-corrected chi connectivity index (χ4v) is 3.56. The SMILES string of the molecule is CCc1nncn1CCNC(=NCC1COc2ccccc2O1)NC(C)c1ccccc1. The molecule has 2 aromatic carbocycles. The molecule has 2 atom stereocenters. The first-order chi connectivity index (χ1) is 15.7. The van der Waals surface area contributed by atoms with E-state index in [-0.39, 0.29) is 12.1 Å². The number of nitrogens with zero attached hydrogens (tertiary/aromatic N) is 4. The van der Waals surface area contributed by atoms with E-state index in [1.54, 1.807) is 6.33 Å². The number of aromatic nitrogens is 3. The van der Waals surface area contributed by atoms with E-state index in [0.717, 1.165) is 36.2 Å². The van der Waals surface area contributed by atoms with Gasteiger partial charge in [0.25, 0.3) is 0 Å². The predicted molar refractivity (Wildman–Crippen MR) is 124 cm³/mol. The summed E-state index contributed by atoms with van der Waals surface area (Å²) in [5.41, 5.74) is 1.19. The molecule has 2 unspecified atom stereocenters. The lowest BCUT2D eigenvalue weighted by molar-refractivity contribution is 0.0971. The lowest BCUT2D eigenvalue weighted by Crippen LogP contribution is -2.41. The second-order valence-corrected chi connectivity index (χ2v) is 7.68. The van der Waals surface area contributed by atoms with Crippen LogP contribution in [-0.2, 0) is 13.0 Å². The molecular formula is C24H30N6O2. The van der Waals surface area contributed by atoms with E-state index in [1.807, 2.05) is 42.5 Å². The molecule has 168 valence electrons. The lowest BCUT2D eigenvalue weighted by atomic mass is 10.1. The normalized spacial score (nSPS) is 16.4. The Bertz CT molecular complexity index is 1020. The molecule has 8 nitrogen and oxygen atoms in total. The van der Waals surface area contributed by atoms with Crippen LogP contribution in [0.2, 0.25) is 0 Å². The highest BCUT2D eigenvalue weighted by Gasteiger charge is 2.20. The van der Waals surface area contributed by atoms with E-state index in [0.29, 0.717) is 19.7 Å². The van der Waals surface area contributed by atoms with Gasteiger partial charge in [0.2, 0.25) is 0 Å². The summed E-state index contributed by atoms with van der Waals surface area (Å²) in [6.07, 6.45) is 2.48. The number of fused-ring (bicyclic) bond motifs is 1. The zero-order chi connectivity index (χ0) is 22.2. The first kappa shape index (κ1) is 21.7. The van der Waals surface area contributed by atoms with Crippen molar-refractivity contribution in [2.45, 2.75) is 39.0 Å². The van der Waals surface area contributed by atoms with E-state index in [4.69, 9.17) is 14.5 Å². The number of ether oxygens (including phenoxy) is 2. The van der Waals surface area contributed by atoms with Crippen molar-refractivity contribution in [3.63, 3.8) is 0 Å². The maximum atomic E-state index is 6.06. The van der Waals surface area contributed by atoms with Crippen molar-refractivity contribution < 1.29 is 9.47 Å². The summed E-state index contributed by atoms with van der Waals surface area (Å²) in [6, 6.07) is 18.1. The third kappa shape index (κ3) is 5.57. The van der Waals surface area contributed by atoms with Crippen molar-refractivity contribution in [3.05, 3.63) is 72.3 Å². The molecule has 0 saturated carbocycles. The minimum absolute atomic E-state index is 0.104. The Morgan fingerprint density at radius 1 is 1.16 bits per heavy atom. The van der Waals surface area contributed by atoms with Gasteiger partial charge in [-0.2, -0.15) is 0 Å². The Morgan fingerprint density at radius 2 is 1.94 bits per heavy atom. The van der Waals surface area contributed by atoms with Gasteiger partial charge in [-0.3, -0.25) is 0 Å². The van der Waals surface area contributed by atoms with Gasteiger partial charge >= 0.3 is 0 Å². The molecule has 2 N–H and O–H groups in total. The Morgan fingerprint density at radius 3 is 2.75 bits per heavy atom. The number of hydrogen-bond donors (Lipinski definition) is 2. The monoisotopic (exact) mass is 434 g/mol. The molecule has 0 amide bonds. The van der Waals surface area contributed by atoms with Crippen LogP contribution in [0.25, 0.3) is 0 Å². The van der Waals surface area contributed by atoms with Crippen molar-refractivity contribution in [1.82, 2.24) is 25.4 Å². The minimum atomic E-state index is -0.139. The third-order valence-corrected chi connectivity index (χ3v) is 5.33. The highest BCUT2D eigenvalue weighted by molar-refractivity contribution is 5.80. The zero-order valence-corrected chi connectivity index (χ0v) is 18.6. The molecule has 0 fully saturated rings. The number of rotatable bonds is 8. The zero-order valence-electron chi connectivity index (χ0n) is 18.6. The molecule has 0 aliphatic carbocycles. The molecule has 0 bridgehead atoms. The number of para-hydroxylation sites is 2. The Labute approximate surface area is 188 Å². The van der Waals surface area contributed by atoms with Gasteiger partial charge in [-0.25, -0.2) is 4.99 Å². The predicted octanol–water partition coefficient (Wildman–Crippen LogP) is 2.98. The Balaban J connectivity index is 1.40. The van der Waals surface area contributed by atoms with Gasteiger partial charge in [0.05, 0.1) is 12.6 Å². The highest BCUT2D eigenvalue weighted by Crippen LogP contribution is 2.30. The van der Waals surface area contributed by atoms with Gasteiger partial charge in [-0.15, -0.1) is 10.2 Å². The fourth-order valence-electron chi connectivity index (χ4n) is 3.56. The summed E-state index contributed by atoms with van der Waals surface area (Å²) in [6.45, 7) is 6.61. The quantitative estimate of drug-likeness (QED) is 0.419. The summed E-state index contributed by atoms with van der Waals surface area (Å²) >= 11 is 0. The number of aryl methyl sites for hydroxylation is 1. The van der Waals surface area contributed by atoms with Crippen molar-refractivity contribution in [2.75, 3.05) is 19.7 Å². The van der Waals surface area contributed by atoms with Gasteiger partial charge in [-0.1, -0.05) is 49.4 Å². The maximum Gasteiger partial charge on any atom is 0.191 e. The average Bonchev–Trinajstić information content (AvgIpc) is 3.30. The van der Waals surface area contributed by atoms with Gasteiger partial charge in [0.15, 0.2) is 23.6 Å². The smallest absolute Gasteiger partial charge is 0.191 e. The largest absolute Gasteiger partial charge is 0.486 e. The van der Waals surface area contributed by atoms with E-state index in [9.17, 15) is 0 Å². The molecular weight excluding hydrogens is 404 g/mol. The van der Waals surface area contributed by atoms with Crippen LogP contribution in [0.4, 0.5) is 0 Å². The standard InChI is InChI=1S/C24H30N6O2/c1-3-23-29-27-17-30(23)14-13-25-24(28-18(2)19-9-5-4-6-10-19)26-15-20-16-31-21-11-7-8-12-22(21)32-20/h4-12,17-18,20H,3,13-16H2,1-2H3,(H2,25,26,28). The second kappa shape index (κ2) is 10.7. The van der Waals surface area contributed by atoms with Crippen molar-refractivity contribution in [3.8, 4) is 11.5 Å². The fraction of sp³-hybridized carbons (Fsp3) is 0.375. The number of aliphatic imine (C=N–C) groups is 1. The van der Waals surface area contributed by atoms with E-state index >= 15 is 0 Å². The van der Waals surface area contributed by atoms with E-state index < -0.39 is 0 Å². The molecule has 1 aliphatic rings. The minimum Gasteiger partial charge on any atom is -0.486 e. The van der Waals surface area contributed by atoms with Gasteiger partial charge in [0.1, 0.15) is 18.8 Å². The third-order valence-electron chi connectivity index (χ3n) is 5.33. The number of hydrogen-bond acceptors (Lipinski definition) is 5. The molecule has 0 spiro atoms. The summed E-state index contributed by atoms with van der Waals surface area (Å²) < 4.78 is 13.9. The summed E-state index contributed by atoms with van der Waals surface area (Å²) in [5, 5.41) is 15.1. The number of nitrogens with one attached hydrogen (secondary N) is 2. The molecule has 0 saturated heterocycles. The molecule has 0 radical (unpaired) electrons. The van der Waals surface area contributed by atoms with Gasteiger partial charge < -0.3 is 24.7 Å². The topological polar surface area (TPSA) is 85.6 Å². The van der Waals surface area contributed by atoms with Crippen LogP contribution in [0.5, 0.6) is 11.5 Å². The van der Waals surface area contributed by atoms with Crippen LogP contribution in [0.3, 0.4) is 0 Å². The van der Waals surface area contributed by atoms with E-state index in [1.165, 1.54) is 5.56 Å². The van der Waals surface area contributed by atoms with E-state index in [2.05, 4.69) is 51.4 Å². The van der Waals surface area contributed by atoms with Crippen molar-refractivity contribution >= 4 is 5.96 Å². The summed E-state index contributed by atoms with van der Waals surface area (Å²) in [5.74, 6) is 3.25. The van der Waals surface area contributed by atoms with Gasteiger partial charge in [-0.05, 0) is 24.6 Å². The first-order valence-corrected chi connectivity index (χ1v) is 11.1. The van der Waals surface area contributed by atoms with Crippen LogP contribution in [0.15, 0.2) is 65.9 Å². The Kier molecular flexibility index (Phi) is 7.22. The molecule has 3 aromatic rings. The van der Waals surface area contributed by atoms with Crippen molar-refractivity contribution in [2.24, 2.45) is 4.99 Å². The molecule has 8 heteroatoms. The first-order valence-electron chi connectivity index (χ1n) is 11.1. The number of benzene rings is 2. The molecule has 1 aliphatic heterocycles. The van der Waals surface area contributed by atoms with Crippen LogP contribution in [-0.4, -0.2) is 46.5 Å². The van der Waals surface area contributed by atoms with Crippen LogP contribution in [0.1, 0.15) is 31.3 Å². The summed E-state index contributed by atoms with van der Waals surface area (Å²) in [4.78, 5) is 4.80. The second-order valence-electron chi connectivity index (χ2n) is 7.68. The molecule has 4 rings (SSSR count). The summed E-state index contributed by atoms with van der Waals surface area (Å²) in [7, 11) is 0.